The fourth-order valence-corrected chi connectivity index (χ4v) is 2.60. The first-order valence-corrected chi connectivity index (χ1v) is 7.25. The van der Waals surface area contributed by atoms with Crippen molar-refractivity contribution in [3.8, 4) is 0 Å². The van der Waals surface area contributed by atoms with Crippen LogP contribution in [0, 0.1) is 11.2 Å². The first-order valence-electron chi connectivity index (χ1n) is 6.46. The maximum atomic E-state index is 13.3. The van der Waals surface area contributed by atoms with Crippen molar-refractivity contribution in [2.24, 2.45) is 5.41 Å². The Kier molecular flexibility index (Phi) is 5.80. The van der Waals surface area contributed by atoms with Crippen molar-refractivity contribution in [3.63, 3.8) is 0 Å². The van der Waals surface area contributed by atoms with Crippen LogP contribution in [-0.4, -0.2) is 7.05 Å². The lowest BCUT2D eigenvalue weighted by atomic mass is 9.88. The van der Waals surface area contributed by atoms with Crippen molar-refractivity contribution >= 4 is 15.9 Å². The van der Waals surface area contributed by atoms with Crippen molar-refractivity contribution in [1.29, 1.82) is 0 Å². The summed E-state index contributed by atoms with van der Waals surface area (Å²) in [4.78, 5) is 0. The Morgan fingerprint density at radius 3 is 2.56 bits per heavy atom. The van der Waals surface area contributed by atoms with Gasteiger partial charge >= 0.3 is 0 Å². The van der Waals surface area contributed by atoms with Crippen molar-refractivity contribution in [3.05, 3.63) is 34.1 Å². The molecule has 0 saturated carbocycles. The molecule has 102 valence electrons. The monoisotopic (exact) mass is 315 g/mol. The molecule has 0 aliphatic carbocycles. The van der Waals surface area contributed by atoms with Crippen LogP contribution in [-0.2, 0) is 0 Å². The second-order valence-corrected chi connectivity index (χ2v) is 6.81. The van der Waals surface area contributed by atoms with Crippen LogP contribution in [0.15, 0.2) is 22.7 Å². The predicted octanol–water partition coefficient (Wildman–Crippen LogP) is 5.07. The Morgan fingerprint density at radius 2 is 2.00 bits per heavy atom. The van der Waals surface area contributed by atoms with Gasteiger partial charge in [0.1, 0.15) is 5.82 Å². The van der Waals surface area contributed by atoms with Gasteiger partial charge in [0, 0.05) is 10.5 Å². The third-order valence-electron chi connectivity index (χ3n) is 3.10. The van der Waals surface area contributed by atoms with Gasteiger partial charge in [0.25, 0.3) is 0 Å². The third-order valence-corrected chi connectivity index (χ3v) is 3.82. The molecule has 0 aliphatic rings. The summed E-state index contributed by atoms with van der Waals surface area (Å²) in [6, 6.07) is 5.08. The molecule has 0 aromatic heterocycles. The highest BCUT2D eigenvalue weighted by Gasteiger charge is 2.16. The van der Waals surface area contributed by atoms with E-state index >= 15 is 0 Å². The van der Waals surface area contributed by atoms with Crippen molar-refractivity contribution in [2.75, 3.05) is 7.05 Å². The van der Waals surface area contributed by atoms with Crippen molar-refractivity contribution in [1.82, 2.24) is 5.32 Å². The highest BCUT2D eigenvalue weighted by molar-refractivity contribution is 9.10. The lowest BCUT2D eigenvalue weighted by Crippen LogP contribution is -2.18. The Hall–Kier alpha value is -0.410. The van der Waals surface area contributed by atoms with E-state index in [0.717, 1.165) is 22.9 Å². The fraction of sp³-hybridized carbons (Fsp3) is 0.600. The number of nitrogens with one attached hydrogen (secondary N) is 1. The van der Waals surface area contributed by atoms with Gasteiger partial charge in [-0.05, 0) is 49.1 Å². The molecule has 0 radical (unpaired) electrons. The molecular formula is C15H23BrFN. The van der Waals surface area contributed by atoms with E-state index in [1.54, 1.807) is 12.1 Å². The normalized spacial score (nSPS) is 13.7. The molecule has 1 rings (SSSR count). The van der Waals surface area contributed by atoms with Crippen LogP contribution in [0.1, 0.15) is 51.6 Å². The van der Waals surface area contributed by atoms with Gasteiger partial charge in [-0.1, -0.05) is 43.1 Å². The fourth-order valence-electron chi connectivity index (χ4n) is 2.07. The summed E-state index contributed by atoms with van der Waals surface area (Å²) in [6.45, 7) is 6.75. The van der Waals surface area contributed by atoms with E-state index in [2.05, 4.69) is 42.0 Å². The van der Waals surface area contributed by atoms with Crippen LogP contribution < -0.4 is 5.32 Å². The van der Waals surface area contributed by atoms with E-state index in [1.807, 2.05) is 7.05 Å². The molecule has 0 amide bonds. The summed E-state index contributed by atoms with van der Waals surface area (Å²) in [5.41, 5.74) is 1.36. The summed E-state index contributed by atoms with van der Waals surface area (Å²) in [5, 5.41) is 3.28. The first kappa shape index (κ1) is 15.6. The Morgan fingerprint density at radius 1 is 1.33 bits per heavy atom. The summed E-state index contributed by atoms with van der Waals surface area (Å²) in [7, 11) is 1.93. The molecule has 0 bridgehead atoms. The Labute approximate surface area is 118 Å². The smallest absolute Gasteiger partial charge is 0.123 e. The van der Waals surface area contributed by atoms with E-state index in [1.165, 1.54) is 12.5 Å². The van der Waals surface area contributed by atoms with Crippen LogP contribution in [0.5, 0.6) is 0 Å². The molecule has 0 fully saturated rings. The van der Waals surface area contributed by atoms with Crippen LogP contribution in [0.4, 0.5) is 4.39 Å². The lowest BCUT2D eigenvalue weighted by molar-refractivity contribution is 0.347. The third kappa shape index (κ3) is 5.07. The molecule has 1 nitrogen and oxygen atoms in total. The molecule has 18 heavy (non-hydrogen) atoms. The highest BCUT2D eigenvalue weighted by Crippen LogP contribution is 2.30. The highest BCUT2D eigenvalue weighted by atomic mass is 79.9. The van der Waals surface area contributed by atoms with Crippen LogP contribution in [0.25, 0.3) is 0 Å². The van der Waals surface area contributed by atoms with E-state index in [-0.39, 0.29) is 11.9 Å². The molecule has 3 heteroatoms. The second kappa shape index (κ2) is 6.67. The lowest BCUT2D eigenvalue weighted by Gasteiger charge is -2.22. The van der Waals surface area contributed by atoms with Crippen molar-refractivity contribution < 1.29 is 4.39 Å². The maximum Gasteiger partial charge on any atom is 0.123 e. The Balaban J connectivity index is 2.68. The molecule has 0 saturated heterocycles. The number of rotatable bonds is 5. The Bertz CT molecular complexity index is 385. The van der Waals surface area contributed by atoms with Crippen LogP contribution >= 0.6 is 15.9 Å². The molecule has 1 aromatic rings. The minimum atomic E-state index is -0.177. The van der Waals surface area contributed by atoms with Gasteiger partial charge in [-0.3, -0.25) is 0 Å². The molecule has 0 spiro atoms. The number of halogens is 2. The summed E-state index contributed by atoms with van der Waals surface area (Å²) < 4.78 is 14.3. The topological polar surface area (TPSA) is 12.0 Å². The SMILES string of the molecule is CNC(CCCC(C)(C)C)c1cc(F)ccc1Br. The van der Waals surface area contributed by atoms with Crippen LogP contribution in [0.3, 0.4) is 0 Å². The number of benzene rings is 1. The van der Waals surface area contributed by atoms with E-state index in [0.29, 0.717) is 5.41 Å². The summed E-state index contributed by atoms with van der Waals surface area (Å²) >= 11 is 3.50. The average molecular weight is 316 g/mol. The maximum absolute atomic E-state index is 13.3. The van der Waals surface area contributed by atoms with Gasteiger partial charge in [-0.15, -0.1) is 0 Å². The largest absolute Gasteiger partial charge is 0.313 e. The van der Waals surface area contributed by atoms with Gasteiger partial charge in [0.05, 0.1) is 0 Å². The summed E-state index contributed by atoms with van der Waals surface area (Å²) in [5.74, 6) is -0.177. The number of hydrogen-bond acceptors (Lipinski definition) is 1. The average Bonchev–Trinajstić information content (AvgIpc) is 2.27. The van der Waals surface area contributed by atoms with E-state index < -0.39 is 0 Å². The molecule has 0 heterocycles. The molecule has 1 atom stereocenters. The molecule has 1 N–H and O–H groups in total. The van der Waals surface area contributed by atoms with Crippen LogP contribution in [0.2, 0.25) is 0 Å². The van der Waals surface area contributed by atoms with Crippen molar-refractivity contribution in [2.45, 2.75) is 46.1 Å². The van der Waals surface area contributed by atoms with E-state index in [4.69, 9.17) is 0 Å². The van der Waals surface area contributed by atoms with Gasteiger partial charge in [-0.25, -0.2) is 4.39 Å². The molecule has 1 unspecified atom stereocenters. The molecule has 0 aliphatic heterocycles. The van der Waals surface area contributed by atoms with E-state index in [9.17, 15) is 4.39 Å². The van der Waals surface area contributed by atoms with Gasteiger partial charge in [-0.2, -0.15) is 0 Å². The number of hydrogen-bond donors (Lipinski definition) is 1. The summed E-state index contributed by atoms with van der Waals surface area (Å²) in [6.07, 6.45) is 3.34. The molecule has 1 aromatic carbocycles. The minimum Gasteiger partial charge on any atom is -0.313 e. The first-order chi connectivity index (χ1) is 8.33. The molecular weight excluding hydrogens is 293 g/mol. The quantitative estimate of drug-likeness (QED) is 0.800. The van der Waals surface area contributed by atoms with Gasteiger partial charge < -0.3 is 5.32 Å². The predicted molar refractivity (Wildman–Crippen MR) is 79.2 cm³/mol. The van der Waals surface area contributed by atoms with Gasteiger partial charge in [0.15, 0.2) is 0 Å². The second-order valence-electron chi connectivity index (χ2n) is 5.96. The van der Waals surface area contributed by atoms with Gasteiger partial charge in [0.2, 0.25) is 0 Å². The minimum absolute atomic E-state index is 0.177. The zero-order valence-electron chi connectivity index (χ0n) is 11.7. The standard InChI is InChI=1S/C15H23BrFN/c1-15(2,3)9-5-6-14(18-4)12-10-11(17)7-8-13(12)16/h7-8,10,14,18H,5-6,9H2,1-4H3. The zero-order chi connectivity index (χ0) is 13.8. The zero-order valence-corrected chi connectivity index (χ0v) is 13.3.